The van der Waals surface area contributed by atoms with Crippen LogP contribution in [0.25, 0.3) is 0 Å². The largest absolute Gasteiger partial charge is 0.493 e. The minimum atomic E-state index is -4.31. The summed E-state index contributed by atoms with van der Waals surface area (Å²) in [5.41, 5.74) is 1.89. The monoisotopic (exact) mass is 728 g/mol. The van der Waals surface area contributed by atoms with Crippen molar-refractivity contribution in [1.82, 2.24) is 5.32 Å². The number of ether oxygens (including phenoxy) is 4. The first kappa shape index (κ1) is 38.0. The number of rotatable bonds is 19. The van der Waals surface area contributed by atoms with Gasteiger partial charge in [0.05, 0.1) is 54.5 Å². The number of hydrogen-bond donors (Lipinski definition) is 4. The van der Waals surface area contributed by atoms with E-state index in [1.807, 2.05) is 19.1 Å². The third-order valence-electron chi connectivity index (χ3n) is 6.84. The molecule has 0 aliphatic carbocycles. The summed E-state index contributed by atoms with van der Waals surface area (Å²) in [6, 6.07) is 22.4. The van der Waals surface area contributed by atoms with Crippen molar-refractivity contribution in [2.75, 3.05) is 38.8 Å². The van der Waals surface area contributed by atoms with Crippen LogP contribution < -0.4 is 29.6 Å². The second-order valence-corrected chi connectivity index (χ2v) is 12.7. The lowest BCUT2D eigenvalue weighted by molar-refractivity contribution is -0.432. The molecule has 4 aromatic carbocycles. The first-order valence-corrected chi connectivity index (χ1v) is 17.4. The van der Waals surface area contributed by atoms with Gasteiger partial charge in [0.15, 0.2) is 0 Å². The Morgan fingerprint density at radius 3 is 1.72 bits per heavy atom. The zero-order valence-corrected chi connectivity index (χ0v) is 28.8. The van der Waals surface area contributed by atoms with Crippen LogP contribution in [0.5, 0.6) is 23.0 Å². The Balaban J connectivity index is 1.43. The molecule has 0 unspecified atom stereocenters. The zero-order valence-electron chi connectivity index (χ0n) is 27.1. The minimum Gasteiger partial charge on any atom is -0.493 e. The average molecular weight is 729 g/mol. The van der Waals surface area contributed by atoms with Crippen LogP contribution in [0.15, 0.2) is 94.7 Å². The highest BCUT2D eigenvalue weighted by Gasteiger charge is 2.22. The maximum absolute atomic E-state index is 13.5. The van der Waals surface area contributed by atoms with Crippen molar-refractivity contribution < 1.29 is 56.1 Å². The van der Waals surface area contributed by atoms with Crippen LogP contribution in [0.3, 0.4) is 0 Å². The number of carbonyl (C=O) groups excluding carboxylic acids is 2. The summed E-state index contributed by atoms with van der Waals surface area (Å²) in [5.74, 6) is 0.391. The first-order valence-electron chi connectivity index (χ1n) is 15.2. The highest BCUT2D eigenvalue weighted by molar-refractivity contribution is 7.94. The van der Waals surface area contributed by atoms with Gasteiger partial charge in [0.2, 0.25) is 0 Å². The number of benzene rings is 4. The van der Waals surface area contributed by atoms with Gasteiger partial charge in [0, 0.05) is 30.5 Å². The van der Waals surface area contributed by atoms with Crippen LogP contribution in [0.1, 0.15) is 39.1 Å². The average Bonchev–Trinajstić information content (AvgIpc) is 3.11. The summed E-state index contributed by atoms with van der Waals surface area (Å²) >= 11 is 0.830. The molecule has 14 nitrogen and oxygen atoms in total. The normalized spacial score (nSPS) is 11.0. The van der Waals surface area contributed by atoms with Crippen molar-refractivity contribution in [3.63, 3.8) is 0 Å². The molecule has 266 valence electrons. The van der Waals surface area contributed by atoms with Gasteiger partial charge in [0.25, 0.3) is 21.9 Å². The van der Waals surface area contributed by atoms with E-state index in [0.29, 0.717) is 41.5 Å². The summed E-state index contributed by atoms with van der Waals surface area (Å²) in [7, 11) is -2.84. The van der Waals surface area contributed by atoms with Gasteiger partial charge in [-0.3, -0.25) is 14.1 Å². The molecule has 4 N–H and O–H groups in total. The second kappa shape index (κ2) is 18.8. The van der Waals surface area contributed by atoms with E-state index in [9.17, 15) is 18.0 Å². The second-order valence-electron chi connectivity index (χ2n) is 10.5. The summed E-state index contributed by atoms with van der Waals surface area (Å²) in [4.78, 5) is 26.9. The molecule has 0 atom stereocenters. The lowest BCUT2D eigenvalue weighted by atomic mass is 10.1. The molecule has 0 aliphatic rings. The maximum atomic E-state index is 13.5. The Morgan fingerprint density at radius 2 is 1.22 bits per heavy atom. The van der Waals surface area contributed by atoms with Crippen molar-refractivity contribution in [3.8, 4) is 23.0 Å². The standard InChI is InChI=1S/C34H36N2O12S2/c1-23-5-7-24(8-6-23)36-34(38)30-22-31(45-19-3-17-43-25-9-13-27(14-10-25)49-48-47-39)29(33(37)35-2)21-32(30)46-20-4-18-44-26-11-15-28(16-12-26)50(40,41)42/h5-16,21-22,39H,3-4,17-20H2,1-2H3,(H,35,37)(H,36,38)(H,40,41,42). The van der Waals surface area contributed by atoms with E-state index in [1.165, 1.54) is 43.4 Å². The molecule has 0 fully saturated rings. The maximum Gasteiger partial charge on any atom is 0.294 e. The van der Waals surface area contributed by atoms with E-state index in [2.05, 4.69) is 20.0 Å². The topological polar surface area (TPSA) is 188 Å². The smallest absolute Gasteiger partial charge is 0.294 e. The predicted octanol–water partition coefficient (Wildman–Crippen LogP) is 5.98. The van der Waals surface area contributed by atoms with Crippen LogP contribution in [-0.2, 0) is 19.5 Å². The van der Waals surface area contributed by atoms with Gasteiger partial charge < -0.3 is 29.6 Å². The quantitative estimate of drug-likeness (QED) is 0.0291. The molecule has 0 bridgehead atoms. The summed E-state index contributed by atoms with van der Waals surface area (Å²) < 4.78 is 59.4. The van der Waals surface area contributed by atoms with Gasteiger partial charge in [-0.05, 0) is 79.7 Å². The third-order valence-corrected chi connectivity index (χ3v) is 8.30. The van der Waals surface area contributed by atoms with Gasteiger partial charge >= 0.3 is 0 Å². The van der Waals surface area contributed by atoms with Gasteiger partial charge in [-0.2, -0.15) is 8.42 Å². The molecule has 0 saturated carbocycles. The Morgan fingerprint density at radius 1 is 0.720 bits per heavy atom. The zero-order chi connectivity index (χ0) is 35.9. The van der Waals surface area contributed by atoms with Crippen LogP contribution in [0.4, 0.5) is 5.69 Å². The predicted molar refractivity (Wildman–Crippen MR) is 184 cm³/mol. The van der Waals surface area contributed by atoms with E-state index in [-0.39, 0.29) is 47.3 Å². The van der Waals surface area contributed by atoms with E-state index in [0.717, 1.165) is 17.6 Å². The van der Waals surface area contributed by atoms with Gasteiger partial charge in [0.1, 0.15) is 23.0 Å². The van der Waals surface area contributed by atoms with Crippen molar-refractivity contribution in [2.45, 2.75) is 29.6 Å². The molecule has 4 aromatic rings. The third kappa shape index (κ3) is 11.6. The first-order chi connectivity index (χ1) is 24.1. The Hall–Kier alpha value is -4.84. The fraction of sp³-hybridized carbons (Fsp3) is 0.235. The molecule has 0 heterocycles. The molecular formula is C34H36N2O12S2. The molecule has 0 spiro atoms. The van der Waals surface area contributed by atoms with Crippen LogP contribution in [0.2, 0.25) is 0 Å². The molecule has 4 rings (SSSR count). The summed E-state index contributed by atoms with van der Waals surface area (Å²) in [6.45, 7) is 2.70. The fourth-order valence-corrected chi connectivity index (χ4v) is 5.18. The van der Waals surface area contributed by atoms with E-state index in [4.69, 9.17) is 28.8 Å². The van der Waals surface area contributed by atoms with Crippen LogP contribution >= 0.6 is 12.0 Å². The number of amides is 2. The molecule has 2 amide bonds. The van der Waals surface area contributed by atoms with E-state index >= 15 is 0 Å². The molecule has 50 heavy (non-hydrogen) atoms. The van der Waals surface area contributed by atoms with E-state index < -0.39 is 21.9 Å². The lowest BCUT2D eigenvalue weighted by Crippen LogP contribution is -2.21. The van der Waals surface area contributed by atoms with E-state index in [1.54, 1.807) is 36.4 Å². The number of hydrogen-bond acceptors (Lipinski definition) is 12. The number of aryl methyl sites for hydroxylation is 1. The van der Waals surface area contributed by atoms with Crippen LogP contribution in [-0.4, -0.2) is 63.5 Å². The van der Waals surface area contributed by atoms with Crippen molar-refractivity contribution in [2.24, 2.45) is 0 Å². The molecule has 16 heteroatoms. The van der Waals surface area contributed by atoms with Crippen molar-refractivity contribution in [3.05, 3.63) is 102 Å². The minimum absolute atomic E-state index is 0.112. The Bertz CT molecular complexity index is 1820. The lowest BCUT2D eigenvalue weighted by Gasteiger charge is -2.17. The molecule has 0 aromatic heterocycles. The highest BCUT2D eigenvalue weighted by atomic mass is 32.2. The number of nitrogens with one attached hydrogen (secondary N) is 2. The van der Waals surface area contributed by atoms with Crippen molar-refractivity contribution in [1.29, 1.82) is 0 Å². The van der Waals surface area contributed by atoms with Gasteiger partial charge in [-0.1, -0.05) is 22.7 Å². The van der Waals surface area contributed by atoms with Gasteiger partial charge in [-0.15, -0.1) is 4.33 Å². The van der Waals surface area contributed by atoms with Gasteiger partial charge in [-0.25, -0.2) is 5.26 Å². The molecule has 0 aliphatic heterocycles. The molecule has 0 radical (unpaired) electrons. The Kier molecular flexibility index (Phi) is 14.3. The fourth-order valence-electron chi connectivity index (χ4n) is 4.34. The number of anilines is 1. The van der Waals surface area contributed by atoms with Crippen molar-refractivity contribution >= 4 is 39.7 Å². The number of carbonyl (C=O) groups is 2. The summed E-state index contributed by atoms with van der Waals surface area (Å²) in [6.07, 6.45) is 0.825. The molecule has 0 saturated heterocycles. The van der Waals surface area contributed by atoms with Crippen LogP contribution in [0, 0.1) is 6.92 Å². The summed E-state index contributed by atoms with van der Waals surface area (Å²) in [5, 5.41) is 17.3. The Labute approximate surface area is 293 Å². The highest BCUT2D eigenvalue weighted by Crippen LogP contribution is 2.31. The molecular weight excluding hydrogens is 693 g/mol. The SMILES string of the molecule is CNC(=O)c1cc(OCCCOc2ccc(S(=O)(=O)O)cc2)c(C(=O)Nc2ccc(C)cc2)cc1OCCCOc1ccc(SOOO)cc1.